The van der Waals surface area contributed by atoms with Gasteiger partial charge in [-0.15, -0.1) is 0 Å². The first kappa shape index (κ1) is 19.6. The van der Waals surface area contributed by atoms with Crippen LogP contribution in [0.2, 0.25) is 0 Å². The van der Waals surface area contributed by atoms with Crippen LogP contribution in [0.5, 0.6) is 0 Å². The molecule has 1 heterocycles. The Morgan fingerprint density at radius 2 is 1.60 bits per heavy atom. The van der Waals surface area contributed by atoms with Crippen molar-refractivity contribution in [2.24, 2.45) is 0 Å². The summed E-state index contributed by atoms with van der Waals surface area (Å²) < 4.78 is 53.5. The molecule has 0 fully saturated rings. The summed E-state index contributed by atoms with van der Waals surface area (Å²) in [7, 11) is 0. The fourth-order valence-electron chi connectivity index (χ4n) is 3.09. The molecule has 0 spiro atoms. The van der Waals surface area contributed by atoms with Crippen molar-refractivity contribution in [1.82, 2.24) is 9.55 Å². The maximum atomic E-state index is 13.4. The zero-order valence-corrected chi connectivity index (χ0v) is 15.4. The number of para-hydroxylation sites is 1. The average Bonchev–Trinajstić information content (AvgIpc) is 2.73. The molecule has 30 heavy (non-hydrogen) atoms. The Morgan fingerprint density at radius 1 is 0.867 bits per heavy atom. The predicted octanol–water partition coefficient (Wildman–Crippen LogP) is 5.71. The summed E-state index contributed by atoms with van der Waals surface area (Å²) in [6, 6.07) is 16.9. The molecule has 0 atom stereocenters. The zero-order valence-electron chi connectivity index (χ0n) is 15.4. The van der Waals surface area contributed by atoms with Gasteiger partial charge in [-0.05, 0) is 60.2 Å². The molecule has 0 saturated carbocycles. The standard InChI is InChI=1S/C23H14F4N2O/c24-17-9-11-18(12-10-17)29-21(28-20-7-2-1-6-19(20)22(29)30)13-8-15-4-3-5-16(14-15)23(25,26)27/h1-14H. The van der Waals surface area contributed by atoms with E-state index in [1.807, 2.05) is 0 Å². The van der Waals surface area contributed by atoms with Crippen molar-refractivity contribution >= 4 is 23.1 Å². The van der Waals surface area contributed by atoms with E-state index in [2.05, 4.69) is 4.98 Å². The summed E-state index contributed by atoms with van der Waals surface area (Å²) in [6.07, 6.45) is -1.54. The lowest BCUT2D eigenvalue weighted by atomic mass is 10.1. The summed E-state index contributed by atoms with van der Waals surface area (Å²) in [4.78, 5) is 17.6. The van der Waals surface area contributed by atoms with Crippen LogP contribution in [-0.2, 0) is 6.18 Å². The minimum atomic E-state index is -4.46. The molecule has 0 amide bonds. The summed E-state index contributed by atoms with van der Waals surface area (Å²) in [5, 5.41) is 0.373. The molecule has 0 N–H and O–H groups in total. The first-order valence-electron chi connectivity index (χ1n) is 8.96. The number of halogens is 4. The first-order valence-corrected chi connectivity index (χ1v) is 8.96. The van der Waals surface area contributed by atoms with Crippen molar-refractivity contribution in [3.8, 4) is 5.69 Å². The molecule has 0 saturated heterocycles. The number of alkyl halides is 3. The van der Waals surface area contributed by atoms with E-state index in [1.165, 1.54) is 53.1 Å². The zero-order chi connectivity index (χ0) is 21.3. The number of nitrogens with zero attached hydrogens (tertiary/aromatic N) is 2. The van der Waals surface area contributed by atoms with E-state index < -0.39 is 17.6 Å². The van der Waals surface area contributed by atoms with Gasteiger partial charge in [0.2, 0.25) is 0 Å². The number of rotatable bonds is 3. The van der Waals surface area contributed by atoms with Crippen molar-refractivity contribution in [3.05, 3.63) is 106 Å². The topological polar surface area (TPSA) is 34.9 Å². The Balaban J connectivity index is 1.88. The van der Waals surface area contributed by atoms with E-state index in [9.17, 15) is 22.4 Å². The fourth-order valence-corrected chi connectivity index (χ4v) is 3.09. The number of hydrogen-bond acceptors (Lipinski definition) is 2. The highest BCUT2D eigenvalue weighted by molar-refractivity contribution is 5.80. The molecular formula is C23H14F4N2O. The van der Waals surface area contributed by atoms with Crippen LogP contribution in [-0.4, -0.2) is 9.55 Å². The summed E-state index contributed by atoms with van der Waals surface area (Å²) in [6.45, 7) is 0. The van der Waals surface area contributed by atoms with Crippen molar-refractivity contribution in [2.75, 3.05) is 0 Å². The minimum Gasteiger partial charge on any atom is -0.268 e. The van der Waals surface area contributed by atoms with E-state index >= 15 is 0 Å². The van der Waals surface area contributed by atoms with Crippen LogP contribution in [0.15, 0.2) is 77.6 Å². The van der Waals surface area contributed by atoms with E-state index in [0.717, 1.165) is 12.1 Å². The van der Waals surface area contributed by atoms with Crippen LogP contribution in [0.3, 0.4) is 0 Å². The van der Waals surface area contributed by atoms with Crippen molar-refractivity contribution in [3.63, 3.8) is 0 Å². The van der Waals surface area contributed by atoms with Crippen LogP contribution in [0.1, 0.15) is 17.0 Å². The van der Waals surface area contributed by atoms with Gasteiger partial charge in [0.15, 0.2) is 0 Å². The Kier molecular flexibility index (Phi) is 4.95. The lowest BCUT2D eigenvalue weighted by molar-refractivity contribution is -0.137. The van der Waals surface area contributed by atoms with Gasteiger partial charge in [0.1, 0.15) is 11.6 Å². The highest BCUT2D eigenvalue weighted by atomic mass is 19.4. The third-order valence-corrected chi connectivity index (χ3v) is 4.53. The third-order valence-electron chi connectivity index (χ3n) is 4.53. The lowest BCUT2D eigenvalue weighted by Gasteiger charge is -2.11. The molecule has 3 nitrogen and oxygen atoms in total. The van der Waals surface area contributed by atoms with Crippen LogP contribution in [0, 0.1) is 5.82 Å². The molecule has 4 rings (SSSR count). The molecule has 0 bridgehead atoms. The molecule has 3 aromatic carbocycles. The largest absolute Gasteiger partial charge is 0.416 e. The smallest absolute Gasteiger partial charge is 0.268 e. The SMILES string of the molecule is O=c1c2ccccc2nc(C=Cc2cccc(C(F)(F)F)c2)n1-c1ccc(F)cc1. The van der Waals surface area contributed by atoms with Crippen LogP contribution in [0.25, 0.3) is 28.7 Å². The number of benzene rings is 3. The van der Waals surface area contributed by atoms with Crippen LogP contribution in [0.4, 0.5) is 17.6 Å². The quantitative estimate of drug-likeness (QED) is 0.405. The minimum absolute atomic E-state index is 0.211. The molecule has 7 heteroatoms. The second-order valence-electron chi connectivity index (χ2n) is 6.56. The average molecular weight is 410 g/mol. The van der Waals surface area contributed by atoms with Gasteiger partial charge in [0, 0.05) is 0 Å². The van der Waals surface area contributed by atoms with Crippen molar-refractivity contribution in [1.29, 1.82) is 0 Å². The van der Waals surface area contributed by atoms with Gasteiger partial charge in [-0.2, -0.15) is 13.2 Å². The molecule has 150 valence electrons. The molecule has 4 aromatic rings. The van der Waals surface area contributed by atoms with Gasteiger partial charge in [-0.25, -0.2) is 9.37 Å². The van der Waals surface area contributed by atoms with E-state index in [4.69, 9.17) is 0 Å². The van der Waals surface area contributed by atoms with Crippen LogP contribution < -0.4 is 5.56 Å². The summed E-state index contributed by atoms with van der Waals surface area (Å²) >= 11 is 0. The Bertz CT molecular complexity index is 1310. The predicted molar refractivity (Wildman–Crippen MR) is 108 cm³/mol. The fraction of sp³-hybridized carbons (Fsp3) is 0.0435. The van der Waals surface area contributed by atoms with Crippen LogP contribution >= 0.6 is 0 Å². The van der Waals surface area contributed by atoms with E-state index in [-0.39, 0.29) is 11.4 Å². The van der Waals surface area contributed by atoms with Gasteiger partial charge in [0.25, 0.3) is 5.56 Å². The molecule has 0 aliphatic heterocycles. The van der Waals surface area contributed by atoms with Gasteiger partial charge in [-0.3, -0.25) is 9.36 Å². The molecule has 0 radical (unpaired) electrons. The maximum absolute atomic E-state index is 13.4. The summed E-state index contributed by atoms with van der Waals surface area (Å²) in [5.41, 5.74) is 0.00809. The Morgan fingerprint density at radius 3 is 2.33 bits per heavy atom. The number of aromatic nitrogens is 2. The third kappa shape index (κ3) is 3.87. The number of fused-ring (bicyclic) bond motifs is 1. The molecule has 0 aliphatic rings. The van der Waals surface area contributed by atoms with Gasteiger partial charge in [-0.1, -0.05) is 30.3 Å². The Hall–Kier alpha value is -3.74. The second-order valence-corrected chi connectivity index (χ2v) is 6.56. The number of hydrogen-bond donors (Lipinski definition) is 0. The van der Waals surface area contributed by atoms with Gasteiger partial charge < -0.3 is 0 Å². The van der Waals surface area contributed by atoms with E-state index in [0.29, 0.717) is 22.2 Å². The summed E-state index contributed by atoms with van der Waals surface area (Å²) in [5.74, 6) is -0.246. The highest BCUT2D eigenvalue weighted by Gasteiger charge is 2.30. The first-order chi connectivity index (χ1) is 14.3. The highest BCUT2D eigenvalue weighted by Crippen LogP contribution is 2.30. The maximum Gasteiger partial charge on any atom is 0.416 e. The monoisotopic (exact) mass is 410 g/mol. The molecule has 0 unspecified atom stereocenters. The van der Waals surface area contributed by atoms with E-state index in [1.54, 1.807) is 24.3 Å². The molecular weight excluding hydrogens is 396 g/mol. The second kappa shape index (κ2) is 7.59. The van der Waals surface area contributed by atoms with Crippen molar-refractivity contribution in [2.45, 2.75) is 6.18 Å². The lowest BCUT2D eigenvalue weighted by Crippen LogP contribution is -2.22. The van der Waals surface area contributed by atoms with Gasteiger partial charge in [0.05, 0.1) is 22.2 Å². The van der Waals surface area contributed by atoms with Gasteiger partial charge >= 0.3 is 6.18 Å². The normalized spacial score (nSPS) is 12.0. The Labute approximate surface area is 168 Å². The molecule has 0 aliphatic carbocycles. The van der Waals surface area contributed by atoms with Crippen molar-refractivity contribution < 1.29 is 17.6 Å². The molecule has 1 aromatic heterocycles.